The van der Waals surface area contributed by atoms with E-state index in [1.807, 2.05) is 0 Å². The van der Waals surface area contributed by atoms with E-state index in [9.17, 15) is 9.59 Å². The van der Waals surface area contributed by atoms with Crippen LogP contribution in [0.1, 0.15) is 0 Å². The molecule has 0 saturated heterocycles. The molecule has 1 aromatic heterocycles. The minimum Gasteiger partial charge on any atom is -0.467 e. The molecular weight excluding hydrogens is 254 g/mol. The minimum atomic E-state index is -0.647. The van der Waals surface area contributed by atoms with E-state index < -0.39 is 11.8 Å². The van der Waals surface area contributed by atoms with Gasteiger partial charge in [-0.05, 0) is 0 Å². The molecule has 0 atom stereocenters. The summed E-state index contributed by atoms with van der Waals surface area (Å²) in [6.45, 7) is -0.501. The number of rotatable bonds is 7. The Morgan fingerprint density at radius 1 is 1.21 bits per heavy atom. The number of ether oxygens (including phenoxy) is 1. The second kappa shape index (κ2) is 6.33. The van der Waals surface area contributed by atoms with Gasteiger partial charge in [0.1, 0.15) is 13.1 Å². The van der Waals surface area contributed by atoms with Gasteiger partial charge in [-0.25, -0.2) is 0 Å². The van der Waals surface area contributed by atoms with Gasteiger partial charge in [0.2, 0.25) is 23.7 Å². The molecule has 0 aliphatic rings. The zero-order valence-corrected chi connectivity index (χ0v) is 10.6. The molecule has 0 aliphatic carbocycles. The van der Waals surface area contributed by atoms with E-state index in [2.05, 4.69) is 20.3 Å². The summed E-state index contributed by atoms with van der Waals surface area (Å²) in [4.78, 5) is 35.0. The standard InChI is InChI=1S/C9H15N7O3/c1-12-7-13-8(15-9(14-7)19-2)16(3-5(10)17)4-6(11)18/h3-4H2,1-2H3,(H2,10,17)(H2,11,18)(H,12,13,14,15). The van der Waals surface area contributed by atoms with Crippen molar-refractivity contribution < 1.29 is 14.3 Å². The lowest BCUT2D eigenvalue weighted by atomic mass is 10.4. The highest BCUT2D eigenvalue weighted by Gasteiger charge is 2.17. The molecule has 5 N–H and O–H groups in total. The highest BCUT2D eigenvalue weighted by molar-refractivity contribution is 5.84. The van der Waals surface area contributed by atoms with E-state index >= 15 is 0 Å². The van der Waals surface area contributed by atoms with Gasteiger partial charge in [-0.1, -0.05) is 0 Å². The van der Waals surface area contributed by atoms with Gasteiger partial charge in [-0.15, -0.1) is 0 Å². The highest BCUT2D eigenvalue weighted by atomic mass is 16.5. The number of carbonyl (C=O) groups is 2. The van der Waals surface area contributed by atoms with Crippen molar-refractivity contribution in [1.29, 1.82) is 0 Å². The Kier molecular flexibility index (Phi) is 4.80. The van der Waals surface area contributed by atoms with Crippen LogP contribution in [0.3, 0.4) is 0 Å². The van der Waals surface area contributed by atoms with Crippen LogP contribution in [0, 0.1) is 0 Å². The first-order valence-corrected chi connectivity index (χ1v) is 5.25. The molecule has 10 nitrogen and oxygen atoms in total. The van der Waals surface area contributed by atoms with Crippen molar-refractivity contribution in [3.63, 3.8) is 0 Å². The predicted octanol–water partition coefficient (Wildman–Crippen LogP) is -2.30. The summed E-state index contributed by atoms with van der Waals surface area (Å²) in [7, 11) is 2.98. The number of amides is 2. The van der Waals surface area contributed by atoms with Crippen molar-refractivity contribution in [2.75, 3.05) is 37.5 Å². The topological polar surface area (TPSA) is 149 Å². The van der Waals surface area contributed by atoms with Gasteiger partial charge in [0.05, 0.1) is 7.11 Å². The van der Waals surface area contributed by atoms with Crippen LogP contribution >= 0.6 is 0 Å². The van der Waals surface area contributed by atoms with Crippen LogP contribution in [0.15, 0.2) is 0 Å². The Balaban J connectivity index is 3.12. The molecule has 2 amide bonds. The normalized spacial score (nSPS) is 9.79. The Bertz CT molecular complexity index is 441. The minimum absolute atomic E-state index is 0.0355. The summed E-state index contributed by atoms with van der Waals surface area (Å²) in [5, 5.41) is 2.70. The molecule has 19 heavy (non-hydrogen) atoms. The van der Waals surface area contributed by atoms with Crippen molar-refractivity contribution in [3.05, 3.63) is 0 Å². The van der Waals surface area contributed by atoms with Crippen molar-refractivity contribution >= 4 is 23.7 Å². The number of nitrogens with two attached hydrogens (primary N) is 2. The summed E-state index contributed by atoms with van der Waals surface area (Å²) in [5.41, 5.74) is 10.2. The monoisotopic (exact) mass is 269 g/mol. The van der Waals surface area contributed by atoms with Crippen LogP contribution in [-0.2, 0) is 9.59 Å². The number of primary amides is 2. The van der Waals surface area contributed by atoms with Crippen LogP contribution < -0.4 is 26.4 Å². The molecule has 0 aliphatic heterocycles. The number of aromatic nitrogens is 3. The van der Waals surface area contributed by atoms with Crippen LogP contribution in [0.4, 0.5) is 11.9 Å². The molecular formula is C9H15N7O3. The number of methoxy groups -OCH3 is 1. The molecule has 1 heterocycles. The molecule has 1 rings (SSSR count). The van der Waals surface area contributed by atoms with Gasteiger partial charge in [0, 0.05) is 7.05 Å². The van der Waals surface area contributed by atoms with Gasteiger partial charge in [0.25, 0.3) is 0 Å². The maximum absolute atomic E-state index is 11.0. The first kappa shape index (κ1) is 14.4. The largest absolute Gasteiger partial charge is 0.467 e. The van der Waals surface area contributed by atoms with E-state index in [1.54, 1.807) is 7.05 Å². The molecule has 0 bridgehead atoms. The van der Waals surface area contributed by atoms with E-state index in [0.29, 0.717) is 0 Å². The van der Waals surface area contributed by atoms with Gasteiger partial charge in [-0.2, -0.15) is 15.0 Å². The van der Waals surface area contributed by atoms with Crippen molar-refractivity contribution in [3.8, 4) is 6.01 Å². The quantitative estimate of drug-likeness (QED) is 0.500. The molecule has 1 aromatic rings. The van der Waals surface area contributed by atoms with Crippen molar-refractivity contribution in [2.45, 2.75) is 0 Å². The van der Waals surface area contributed by atoms with Crippen LogP contribution in [0.5, 0.6) is 6.01 Å². The van der Waals surface area contributed by atoms with E-state index in [1.165, 1.54) is 12.0 Å². The summed E-state index contributed by atoms with van der Waals surface area (Å²) in [5.74, 6) is -1.01. The Labute approximate surface area is 109 Å². The number of carbonyl (C=O) groups excluding carboxylic acids is 2. The summed E-state index contributed by atoms with van der Waals surface area (Å²) < 4.78 is 4.90. The average molecular weight is 269 g/mol. The number of anilines is 2. The van der Waals surface area contributed by atoms with E-state index in [0.717, 1.165) is 0 Å². The third-order valence-corrected chi connectivity index (χ3v) is 1.99. The van der Waals surface area contributed by atoms with E-state index in [4.69, 9.17) is 16.2 Å². The van der Waals surface area contributed by atoms with Gasteiger partial charge >= 0.3 is 6.01 Å². The maximum Gasteiger partial charge on any atom is 0.322 e. The van der Waals surface area contributed by atoms with Crippen LogP contribution in [0.2, 0.25) is 0 Å². The summed E-state index contributed by atoms with van der Waals surface area (Å²) >= 11 is 0. The molecule has 0 aromatic carbocycles. The highest BCUT2D eigenvalue weighted by Crippen LogP contribution is 2.14. The number of hydrogen-bond donors (Lipinski definition) is 3. The molecule has 10 heteroatoms. The van der Waals surface area contributed by atoms with Gasteiger partial charge in [-0.3, -0.25) is 9.59 Å². The Morgan fingerprint density at radius 3 is 2.21 bits per heavy atom. The SMILES string of the molecule is CNc1nc(OC)nc(N(CC(N)=O)CC(N)=O)n1. The van der Waals surface area contributed by atoms with Crippen LogP contribution in [0.25, 0.3) is 0 Å². The van der Waals surface area contributed by atoms with Gasteiger partial charge in [0.15, 0.2) is 0 Å². The second-order valence-electron chi connectivity index (χ2n) is 3.48. The molecule has 0 saturated carbocycles. The fourth-order valence-corrected chi connectivity index (χ4v) is 1.26. The van der Waals surface area contributed by atoms with Gasteiger partial charge < -0.3 is 26.4 Å². The second-order valence-corrected chi connectivity index (χ2v) is 3.48. The molecule has 104 valence electrons. The third-order valence-electron chi connectivity index (χ3n) is 1.99. The Hall–Kier alpha value is -2.65. The molecule has 0 unspecified atom stereocenters. The van der Waals surface area contributed by atoms with Crippen molar-refractivity contribution in [1.82, 2.24) is 15.0 Å². The molecule has 0 spiro atoms. The number of hydrogen-bond acceptors (Lipinski definition) is 8. The zero-order chi connectivity index (χ0) is 14.4. The molecule has 0 radical (unpaired) electrons. The zero-order valence-electron chi connectivity index (χ0n) is 10.6. The Morgan fingerprint density at radius 2 is 1.79 bits per heavy atom. The van der Waals surface area contributed by atoms with E-state index in [-0.39, 0.29) is 31.0 Å². The average Bonchev–Trinajstić information content (AvgIpc) is 2.36. The van der Waals surface area contributed by atoms with Crippen molar-refractivity contribution in [2.24, 2.45) is 11.5 Å². The number of nitrogens with one attached hydrogen (secondary N) is 1. The smallest absolute Gasteiger partial charge is 0.322 e. The maximum atomic E-state index is 11.0. The fraction of sp³-hybridized carbons (Fsp3) is 0.444. The lowest BCUT2D eigenvalue weighted by Gasteiger charge is -2.19. The fourth-order valence-electron chi connectivity index (χ4n) is 1.26. The lowest BCUT2D eigenvalue weighted by molar-refractivity contribution is -0.117. The predicted molar refractivity (Wildman–Crippen MR) is 66.5 cm³/mol. The first-order chi connectivity index (χ1) is 8.96. The lowest BCUT2D eigenvalue weighted by Crippen LogP contribution is -2.40. The third kappa shape index (κ3) is 4.26. The van der Waals surface area contributed by atoms with Crippen LogP contribution in [-0.4, -0.2) is 54.0 Å². The number of nitrogens with zero attached hydrogens (tertiary/aromatic N) is 4. The summed E-state index contributed by atoms with van der Waals surface area (Å²) in [6.07, 6.45) is 0. The first-order valence-electron chi connectivity index (χ1n) is 5.25. The molecule has 0 fully saturated rings. The summed E-state index contributed by atoms with van der Waals surface area (Å²) in [6, 6.07) is 0.0355.